The van der Waals surface area contributed by atoms with Crippen LogP contribution < -0.4 is 0 Å². The van der Waals surface area contributed by atoms with Crippen LogP contribution in [0.5, 0.6) is 0 Å². The number of halogens is 2. The zero-order valence-electron chi connectivity index (χ0n) is 3.65. The van der Waals surface area contributed by atoms with Gasteiger partial charge in [-0.15, -0.1) is 0 Å². The molecule has 0 aromatic heterocycles. The number of ether oxygens (including phenoxy) is 1. The summed E-state index contributed by atoms with van der Waals surface area (Å²) in [7, 11) is 0. The first kappa shape index (κ1) is 7.05. The molecule has 0 N–H and O–H groups in total. The normalized spacial score (nSPS) is 10.7. The fraction of sp³-hybridized carbons (Fsp3) is 0.667. The van der Waals surface area contributed by atoms with Crippen LogP contribution in [-0.4, -0.2) is 11.0 Å². The summed E-state index contributed by atoms with van der Waals surface area (Å²) in [6, 6.07) is 0. The molecule has 0 rings (SSSR count). The minimum atomic E-state index is -1.37. The third-order valence-corrected chi connectivity index (χ3v) is 0.433. The molecule has 0 spiro atoms. The van der Waals surface area contributed by atoms with Crippen LogP contribution in [0.25, 0.3) is 0 Å². The SMILES string of the molecule is CC(Cl)(Cl)OC=O. The van der Waals surface area contributed by atoms with Crippen molar-refractivity contribution in [3.63, 3.8) is 0 Å². The molecule has 4 heteroatoms. The summed E-state index contributed by atoms with van der Waals surface area (Å²) in [5, 5.41) is 0. The Morgan fingerprint density at radius 1 is 1.71 bits per heavy atom. The van der Waals surface area contributed by atoms with Crippen LogP contribution in [0.4, 0.5) is 0 Å². The first-order valence-electron chi connectivity index (χ1n) is 1.55. The lowest BCUT2D eigenvalue weighted by atomic mass is 10.8. The van der Waals surface area contributed by atoms with Crippen molar-refractivity contribution < 1.29 is 9.53 Å². The lowest BCUT2D eigenvalue weighted by Crippen LogP contribution is -2.09. The van der Waals surface area contributed by atoms with Crippen molar-refractivity contribution in [2.45, 2.75) is 11.4 Å². The van der Waals surface area contributed by atoms with E-state index in [-0.39, 0.29) is 6.47 Å². The van der Waals surface area contributed by atoms with Crippen LogP contribution >= 0.6 is 23.2 Å². The number of rotatable bonds is 2. The second kappa shape index (κ2) is 2.38. The molecule has 0 aromatic carbocycles. The van der Waals surface area contributed by atoms with Crippen LogP contribution in [0, 0.1) is 0 Å². The Labute approximate surface area is 51.4 Å². The lowest BCUT2D eigenvalue weighted by molar-refractivity contribution is -0.131. The first-order chi connectivity index (χ1) is 3.06. The standard InChI is InChI=1S/C3H4Cl2O2/c1-3(4,5)7-2-6/h2H,1H3. The molecule has 0 bridgehead atoms. The van der Waals surface area contributed by atoms with Gasteiger partial charge in [0.25, 0.3) is 11.0 Å². The molecule has 0 fully saturated rings. The van der Waals surface area contributed by atoms with Gasteiger partial charge in [0.2, 0.25) is 0 Å². The molecule has 0 unspecified atom stereocenters. The number of alkyl halides is 2. The van der Waals surface area contributed by atoms with E-state index in [1.807, 2.05) is 0 Å². The fourth-order valence-corrected chi connectivity index (χ4v) is 0.157. The van der Waals surface area contributed by atoms with E-state index in [1.54, 1.807) is 0 Å². The monoisotopic (exact) mass is 142 g/mol. The number of carbonyl (C=O) groups is 1. The van der Waals surface area contributed by atoms with Gasteiger partial charge in [-0.05, 0) is 0 Å². The van der Waals surface area contributed by atoms with Gasteiger partial charge in [-0.2, -0.15) is 0 Å². The third-order valence-electron chi connectivity index (χ3n) is 0.255. The Kier molecular flexibility index (Phi) is 2.40. The first-order valence-corrected chi connectivity index (χ1v) is 2.31. The third kappa shape index (κ3) is 6.05. The maximum absolute atomic E-state index is 9.43. The molecule has 0 aliphatic rings. The predicted octanol–water partition coefficient (Wildman–Crippen LogP) is 1.31. The van der Waals surface area contributed by atoms with Gasteiger partial charge < -0.3 is 4.74 Å². The smallest absolute Gasteiger partial charge is 0.295 e. The van der Waals surface area contributed by atoms with Crippen LogP contribution in [-0.2, 0) is 9.53 Å². The van der Waals surface area contributed by atoms with Gasteiger partial charge in [-0.1, -0.05) is 23.2 Å². The zero-order chi connectivity index (χ0) is 5.91. The highest BCUT2D eigenvalue weighted by molar-refractivity contribution is 6.47. The van der Waals surface area contributed by atoms with Crippen molar-refractivity contribution in [1.29, 1.82) is 0 Å². The average molecular weight is 143 g/mol. The topological polar surface area (TPSA) is 26.3 Å². The maximum atomic E-state index is 9.43. The molecule has 0 saturated carbocycles. The summed E-state index contributed by atoms with van der Waals surface area (Å²) in [6.45, 7) is 1.55. The summed E-state index contributed by atoms with van der Waals surface area (Å²) in [5.74, 6) is 0. The average Bonchev–Trinajstić information content (AvgIpc) is 1.30. The summed E-state index contributed by atoms with van der Waals surface area (Å²) in [4.78, 5) is 9.43. The molecule has 0 heterocycles. The maximum Gasteiger partial charge on any atom is 0.295 e. The summed E-state index contributed by atoms with van der Waals surface area (Å²) >= 11 is 10.3. The molecule has 0 aromatic rings. The second-order valence-electron chi connectivity index (χ2n) is 1.02. The Bertz CT molecular complexity index is 65.8. The second-order valence-corrected chi connectivity index (χ2v) is 2.66. The van der Waals surface area contributed by atoms with E-state index in [2.05, 4.69) is 4.74 Å². The molecule has 0 aliphatic carbocycles. The van der Waals surface area contributed by atoms with Gasteiger partial charge in [-0.3, -0.25) is 4.79 Å². The zero-order valence-corrected chi connectivity index (χ0v) is 5.16. The van der Waals surface area contributed by atoms with Crippen molar-refractivity contribution in [3.05, 3.63) is 0 Å². The molecule has 0 amide bonds. The van der Waals surface area contributed by atoms with Crippen LogP contribution in [0.1, 0.15) is 6.92 Å². The molecule has 42 valence electrons. The van der Waals surface area contributed by atoms with E-state index in [9.17, 15) is 4.79 Å². The molecule has 0 radical (unpaired) electrons. The molecule has 2 nitrogen and oxygen atoms in total. The minimum absolute atomic E-state index is 0.194. The van der Waals surface area contributed by atoms with Crippen LogP contribution in [0.2, 0.25) is 0 Å². The summed E-state index contributed by atoms with van der Waals surface area (Å²) < 4.78 is 2.71. The Hall–Kier alpha value is 0.0500. The van der Waals surface area contributed by atoms with Crippen molar-refractivity contribution in [2.24, 2.45) is 0 Å². The van der Waals surface area contributed by atoms with E-state index < -0.39 is 4.52 Å². The van der Waals surface area contributed by atoms with E-state index in [0.717, 1.165) is 0 Å². The Morgan fingerprint density at radius 2 is 2.14 bits per heavy atom. The Balaban J connectivity index is 3.34. The van der Waals surface area contributed by atoms with Crippen molar-refractivity contribution in [1.82, 2.24) is 0 Å². The van der Waals surface area contributed by atoms with Gasteiger partial charge in [0.15, 0.2) is 0 Å². The molecular weight excluding hydrogens is 139 g/mol. The van der Waals surface area contributed by atoms with E-state index in [0.29, 0.717) is 0 Å². The van der Waals surface area contributed by atoms with Gasteiger partial charge in [0, 0.05) is 6.92 Å². The minimum Gasteiger partial charge on any atom is -0.431 e. The largest absolute Gasteiger partial charge is 0.431 e. The van der Waals surface area contributed by atoms with Gasteiger partial charge in [0.1, 0.15) is 0 Å². The fourth-order valence-electron chi connectivity index (χ4n) is 0.0845. The van der Waals surface area contributed by atoms with Gasteiger partial charge in [0.05, 0.1) is 0 Å². The quantitative estimate of drug-likeness (QED) is 0.430. The highest BCUT2D eigenvalue weighted by Gasteiger charge is 2.15. The molecule has 7 heavy (non-hydrogen) atoms. The summed E-state index contributed by atoms with van der Waals surface area (Å²) in [6.07, 6.45) is 0. The molecule has 0 aliphatic heterocycles. The predicted molar refractivity (Wildman–Crippen MR) is 27.3 cm³/mol. The highest BCUT2D eigenvalue weighted by Crippen LogP contribution is 2.18. The highest BCUT2D eigenvalue weighted by atomic mass is 35.5. The number of carbonyl (C=O) groups excluding carboxylic acids is 1. The molecular formula is C3H4Cl2O2. The summed E-state index contributed by atoms with van der Waals surface area (Å²) in [5.41, 5.74) is 0. The van der Waals surface area contributed by atoms with E-state index >= 15 is 0 Å². The van der Waals surface area contributed by atoms with Crippen LogP contribution in [0.3, 0.4) is 0 Å². The number of hydrogen-bond donors (Lipinski definition) is 0. The van der Waals surface area contributed by atoms with Crippen LogP contribution in [0.15, 0.2) is 0 Å². The Morgan fingerprint density at radius 3 is 2.14 bits per heavy atom. The van der Waals surface area contributed by atoms with Crippen molar-refractivity contribution in [3.8, 4) is 0 Å². The van der Waals surface area contributed by atoms with E-state index in [4.69, 9.17) is 23.2 Å². The molecule has 0 atom stereocenters. The molecule has 0 saturated heterocycles. The van der Waals surface area contributed by atoms with E-state index in [1.165, 1.54) is 6.92 Å². The van der Waals surface area contributed by atoms with Crippen molar-refractivity contribution in [2.75, 3.05) is 0 Å². The lowest BCUT2D eigenvalue weighted by Gasteiger charge is -2.07. The van der Waals surface area contributed by atoms with Gasteiger partial charge >= 0.3 is 0 Å². The van der Waals surface area contributed by atoms with Crippen molar-refractivity contribution >= 4 is 29.7 Å². The van der Waals surface area contributed by atoms with Gasteiger partial charge in [-0.25, -0.2) is 0 Å². The number of hydrogen-bond acceptors (Lipinski definition) is 2.